The first-order valence-corrected chi connectivity index (χ1v) is 7.85. The average molecular weight is 341 g/mol. The molecule has 6 N–H and O–H groups in total. The van der Waals surface area contributed by atoms with Crippen LogP contribution in [0.25, 0.3) is 21.8 Å². The van der Waals surface area contributed by atoms with Crippen molar-refractivity contribution in [3.8, 4) is 5.75 Å². The third-order valence-electron chi connectivity index (χ3n) is 4.02. The second-order valence-corrected chi connectivity index (χ2v) is 5.77. The van der Waals surface area contributed by atoms with E-state index in [-0.39, 0.29) is 6.42 Å². The van der Waals surface area contributed by atoms with Crippen LogP contribution < -0.4 is 16.2 Å². The van der Waals surface area contributed by atoms with Crippen molar-refractivity contribution in [1.29, 1.82) is 0 Å². The summed E-state index contributed by atoms with van der Waals surface area (Å²) in [7, 11) is 0. The molecule has 0 saturated carbocycles. The lowest BCUT2D eigenvalue weighted by Crippen LogP contribution is -2.22. The zero-order valence-corrected chi connectivity index (χ0v) is 13.7. The van der Waals surface area contributed by atoms with E-state index in [1.165, 1.54) is 0 Å². The number of carboxylic acids is 1. The molecule has 0 radical (unpaired) electrons. The van der Waals surface area contributed by atoms with Gasteiger partial charge in [0, 0.05) is 34.1 Å². The number of rotatable bonds is 5. The summed E-state index contributed by atoms with van der Waals surface area (Å²) in [6.45, 7) is 2.25. The molecule has 1 heterocycles. The maximum atomic E-state index is 11.1. The number of anilines is 2. The largest absolute Gasteiger partial charge is 0.494 e. The SMILES string of the molecule is CCOc1ccc2nc3cc(N)cc(N)c3cc2c1CC(O)C(=O)O. The summed E-state index contributed by atoms with van der Waals surface area (Å²) >= 11 is 0. The number of aliphatic carboxylic acids is 1. The second-order valence-electron chi connectivity index (χ2n) is 5.77. The van der Waals surface area contributed by atoms with Gasteiger partial charge in [0.2, 0.25) is 0 Å². The number of pyridine rings is 1. The third-order valence-corrected chi connectivity index (χ3v) is 4.02. The predicted molar refractivity (Wildman–Crippen MR) is 96.6 cm³/mol. The number of aliphatic hydroxyl groups is 1. The van der Waals surface area contributed by atoms with Gasteiger partial charge in [0.05, 0.1) is 17.6 Å². The highest BCUT2D eigenvalue weighted by Gasteiger charge is 2.20. The Bertz CT molecular complexity index is 972. The van der Waals surface area contributed by atoms with Crippen LogP contribution in [0.3, 0.4) is 0 Å². The highest BCUT2D eigenvalue weighted by Crippen LogP contribution is 2.33. The molecule has 1 unspecified atom stereocenters. The second kappa shape index (κ2) is 6.45. The van der Waals surface area contributed by atoms with E-state index in [4.69, 9.17) is 21.3 Å². The van der Waals surface area contributed by atoms with Gasteiger partial charge < -0.3 is 26.4 Å². The molecule has 0 bridgehead atoms. The Morgan fingerprint density at radius 3 is 2.64 bits per heavy atom. The smallest absolute Gasteiger partial charge is 0.332 e. The van der Waals surface area contributed by atoms with Crippen molar-refractivity contribution in [2.45, 2.75) is 19.4 Å². The maximum absolute atomic E-state index is 11.1. The van der Waals surface area contributed by atoms with Crippen LogP contribution in [-0.2, 0) is 11.2 Å². The van der Waals surface area contributed by atoms with Gasteiger partial charge in [0.1, 0.15) is 5.75 Å². The van der Waals surface area contributed by atoms with Crippen LogP contribution in [0.1, 0.15) is 12.5 Å². The number of nitrogens with two attached hydrogens (primary N) is 2. The molecule has 130 valence electrons. The molecule has 1 aromatic heterocycles. The lowest BCUT2D eigenvalue weighted by atomic mass is 9.99. The number of hydrogen-bond acceptors (Lipinski definition) is 6. The first kappa shape index (κ1) is 16.8. The summed E-state index contributed by atoms with van der Waals surface area (Å²) < 4.78 is 5.60. The number of nitrogen functional groups attached to an aromatic ring is 2. The minimum absolute atomic E-state index is 0.0932. The van der Waals surface area contributed by atoms with Crippen molar-refractivity contribution in [3.05, 3.63) is 35.9 Å². The number of benzene rings is 2. The zero-order chi connectivity index (χ0) is 18.1. The van der Waals surface area contributed by atoms with Crippen molar-refractivity contribution in [3.63, 3.8) is 0 Å². The fraction of sp³-hybridized carbons (Fsp3) is 0.222. The predicted octanol–water partition coefficient (Wildman–Crippen LogP) is 1.94. The number of hydrogen-bond donors (Lipinski definition) is 4. The summed E-state index contributed by atoms with van der Waals surface area (Å²) in [5, 5.41) is 20.3. The minimum atomic E-state index is -1.54. The van der Waals surface area contributed by atoms with Crippen LogP contribution in [0.4, 0.5) is 11.4 Å². The number of aromatic nitrogens is 1. The number of ether oxygens (including phenoxy) is 1. The normalized spacial score (nSPS) is 12.4. The van der Waals surface area contributed by atoms with E-state index >= 15 is 0 Å². The Labute approximate surface area is 143 Å². The quantitative estimate of drug-likeness (QED) is 0.412. The Morgan fingerprint density at radius 1 is 1.20 bits per heavy atom. The highest BCUT2D eigenvalue weighted by atomic mass is 16.5. The lowest BCUT2D eigenvalue weighted by Gasteiger charge is -2.15. The lowest BCUT2D eigenvalue weighted by molar-refractivity contribution is -0.146. The van der Waals surface area contributed by atoms with E-state index < -0.39 is 12.1 Å². The van der Waals surface area contributed by atoms with E-state index in [0.29, 0.717) is 51.1 Å². The zero-order valence-electron chi connectivity index (χ0n) is 13.7. The Morgan fingerprint density at radius 2 is 1.96 bits per heavy atom. The molecule has 25 heavy (non-hydrogen) atoms. The molecule has 0 saturated heterocycles. The van der Waals surface area contributed by atoms with Gasteiger partial charge in [-0.25, -0.2) is 9.78 Å². The van der Waals surface area contributed by atoms with Crippen molar-refractivity contribution >= 4 is 39.1 Å². The van der Waals surface area contributed by atoms with Crippen molar-refractivity contribution in [1.82, 2.24) is 4.98 Å². The van der Waals surface area contributed by atoms with Crippen molar-refractivity contribution in [2.24, 2.45) is 0 Å². The van der Waals surface area contributed by atoms with E-state index in [1.807, 2.05) is 13.0 Å². The van der Waals surface area contributed by atoms with Gasteiger partial charge in [-0.15, -0.1) is 0 Å². The Kier molecular flexibility index (Phi) is 4.33. The van der Waals surface area contributed by atoms with Gasteiger partial charge >= 0.3 is 5.97 Å². The van der Waals surface area contributed by atoms with Crippen LogP contribution in [0, 0.1) is 0 Å². The molecule has 3 rings (SSSR count). The van der Waals surface area contributed by atoms with Crippen LogP contribution in [-0.4, -0.2) is 33.9 Å². The molecule has 0 fully saturated rings. The van der Waals surface area contributed by atoms with Crippen LogP contribution >= 0.6 is 0 Å². The summed E-state index contributed by atoms with van der Waals surface area (Å²) in [6, 6.07) is 8.72. The number of carbonyl (C=O) groups is 1. The molecule has 0 amide bonds. The molecule has 1 atom stereocenters. The van der Waals surface area contributed by atoms with Gasteiger partial charge in [-0.2, -0.15) is 0 Å². The first-order valence-electron chi connectivity index (χ1n) is 7.85. The number of fused-ring (bicyclic) bond motifs is 2. The monoisotopic (exact) mass is 341 g/mol. The molecule has 3 aromatic rings. The van der Waals surface area contributed by atoms with Gasteiger partial charge in [-0.05, 0) is 37.3 Å². The standard InChI is InChI=1S/C18H19N3O4/c1-2-25-17-4-3-14-10(11(17)8-16(22)18(23)24)7-12-13(20)5-9(19)6-15(12)21-14/h3-7,16,22H,2,8,19-20H2,1H3,(H,23,24). The molecule has 7 nitrogen and oxygen atoms in total. The van der Waals surface area contributed by atoms with E-state index in [9.17, 15) is 9.90 Å². The van der Waals surface area contributed by atoms with Gasteiger partial charge in [-0.1, -0.05) is 0 Å². The Balaban J connectivity index is 2.29. The molecular formula is C18H19N3O4. The number of carboxylic acid groups (broad SMARTS) is 1. The summed E-state index contributed by atoms with van der Waals surface area (Å²) in [5.41, 5.74) is 14.8. The van der Waals surface area contributed by atoms with E-state index in [0.717, 1.165) is 0 Å². The molecule has 0 aliphatic heterocycles. The summed E-state index contributed by atoms with van der Waals surface area (Å²) in [4.78, 5) is 15.6. The fourth-order valence-electron chi connectivity index (χ4n) is 2.88. The van der Waals surface area contributed by atoms with Crippen molar-refractivity contribution < 1.29 is 19.7 Å². The van der Waals surface area contributed by atoms with Crippen molar-refractivity contribution in [2.75, 3.05) is 18.1 Å². The average Bonchev–Trinajstić information content (AvgIpc) is 2.55. The summed E-state index contributed by atoms with van der Waals surface area (Å²) in [5.74, 6) is -0.772. The maximum Gasteiger partial charge on any atom is 0.332 e. The molecule has 0 spiro atoms. The fourth-order valence-corrected chi connectivity index (χ4v) is 2.88. The van der Waals surface area contributed by atoms with Gasteiger partial charge in [0.25, 0.3) is 0 Å². The minimum Gasteiger partial charge on any atom is -0.494 e. The summed E-state index contributed by atoms with van der Waals surface area (Å²) in [6.07, 6.45) is -1.63. The molecule has 2 aromatic carbocycles. The topological polar surface area (TPSA) is 132 Å². The molecular weight excluding hydrogens is 322 g/mol. The van der Waals surface area contributed by atoms with E-state index in [1.54, 1.807) is 24.3 Å². The van der Waals surface area contributed by atoms with E-state index in [2.05, 4.69) is 4.98 Å². The molecule has 0 aliphatic carbocycles. The first-order chi connectivity index (χ1) is 11.9. The van der Waals surface area contributed by atoms with Gasteiger partial charge in [-0.3, -0.25) is 0 Å². The van der Waals surface area contributed by atoms with Crippen LogP contribution in [0.15, 0.2) is 30.3 Å². The Hall–Kier alpha value is -3.06. The van der Waals surface area contributed by atoms with Crippen LogP contribution in [0.5, 0.6) is 5.75 Å². The number of nitrogens with zero attached hydrogens (tertiary/aromatic N) is 1. The van der Waals surface area contributed by atoms with Gasteiger partial charge in [0.15, 0.2) is 6.10 Å². The van der Waals surface area contributed by atoms with Crippen LogP contribution in [0.2, 0.25) is 0 Å². The molecule has 0 aliphatic rings. The molecule has 7 heteroatoms. The highest BCUT2D eigenvalue weighted by molar-refractivity contribution is 6.02. The number of aliphatic hydroxyl groups excluding tert-OH is 1. The third kappa shape index (κ3) is 3.14.